The van der Waals surface area contributed by atoms with Gasteiger partial charge in [0.2, 0.25) is 17.7 Å². The third-order valence-electron chi connectivity index (χ3n) is 11.3. The van der Waals surface area contributed by atoms with E-state index in [1.165, 1.54) is 17.6 Å². The molecule has 0 aromatic rings. The fourth-order valence-electron chi connectivity index (χ4n) is 8.42. The van der Waals surface area contributed by atoms with Crippen molar-refractivity contribution >= 4 is 17.7 Å². The third kappa shape index (κ3) is 11.8. The fraction of sp³-hybridized carbons (Fsp3) is 0.595. The van der Waals surface area contributed by atoms with Gasteiger partial charge in [0.15, 0.2) is 0 Å². The van der Waals surface area contributed by atoms with Crippen LogP contribution in [0.15, 0.2) is 83.7 Å². The van der Waals surface area contributed by atoms with Crippen molar-refractivity contribution in [2.75, 3.05) is 13.1 Å². The quantitative estimate of drug-likeness (QED) is 0.126. The molecule has 0 aromatic heterocycles. The maximum Gasteiger partial charge on any atom is 0.224 e. The normalized spacial score (nSPS) is 27.3. The number of unbranched alkanes of at least 4 members (excludes halogenated alkanes) is 4. The number of carbonyl (C=O) groups is 3. The number of hydrogen-bond donors (Lipinski definition) is 4. The molecule has 268 valence electrons. The third-order valence-corrected chi connectivity index (χ3v) is 11.3. The van der Waals surface area contributed by atoms with Crippen LogP contribution in [0.5, 0.6) is 0 Å². The number of aliphatic hydroxyl groups excluding tert-OH is 1. The molecule has 4 aliphatic carbocycles. The number of amides is 3. The zero-order valence-electron chi connectivity index (χ0n) is 30.1. The number of rotatable bonds is 16. The highest BCUT2D eigenvalue weighted by Gasteiger charge is 2.51. The van der Waals surface area contributed by atoms with Crippen molar-refractivity contribution in [1.29, 1.82) is 0 Å². The minimum atomic E-state index is -0.255. The minimum Gasteiger partial charge on any atom is -0.393 e. The Bertz CT molecular complexity index is 1350. The van der Waals surface area contributed by atoms with Gasteiger partial charge < -0.3 is 21.1 Å². The van der Waals surface area contributed by atoms with E-state index in [0.717, 1.165) is 88.3 Å². The summed E-state index contributed by atoms with van der Waals surface area (Å²) in [6.07, 6.45) is 31.9. The van der Waals surface area contributed by atoms with Crippen LogP contribution in [0.25, 0.3) is 0 Å². The lowest BCUT2D eigenvalue weighted by atomic mass is 9.61. The highest BCUT2D eigenvalue weighted by Crippen LogP contribution is 2.59. The van der Waals surface area contributed by atoms with Crippen LogP contribution in [-0.2, 0) is 14.4 Å². The van der Waals surface area contributed by atoms with Gasteiger partial charge in [-0.2, -0.15) is 0 Å². The predicted molar refractivity (Wildman–Crippen MR) is 199 cm³/mol. The molecular weight excluding hydrogens is 610 g/mol. The van der Waals surface area contributed by atoms with E-state index in [1.54, 1.807) is 0 Å². The molecule has 7 heteroatoms. The number of allylic oxidation sites excluding steroid dienone is 11. The zero-order valence-corrected chi connectivity index (χ0v) is 30.1. The van der Waals surface area contributed by atoms with Crippen LogP contribution >= 0.6 is 0 Å². The predicted octanol–water partition coefficient (Wildman–Crippen LogP) is 7.83. The molecule has 0 saturated heterocycles. The number of nitrogens with one attached hydrogen (secondary N) is 3. The van der Waals surface area contributed by atoms with Crippen LogP contribution < -0.4 is 16.0 Å². The lowest BCUT2D eigenvalue weighted by molar-refractivity contribution is -0.128. The van der Waals surface area contributed by atoms with E-state index in [1.807, 2.05) is 42.5 Å². The molecule has 3 fully saturated rings. The van der Waals surface area contributed by atoms with E-state index < -0.39 is 0 Å². The van der Waals surface area contributed by atoms with Crippen LogP contribution in [0.2, 0.25) is 0 Å². The van der Waals surface area contributed by atoms with Crippen molar-refractivity contribution in [2.45, 2.75) is 123 Å². The SMILES string of the molecule is C=C1CC[C@H](O)C/C1=C/C=C1\CCC[C@@]2(C)C1CCC2[C@H](C)C(=O)NCCCCNC(=O)CCCCCCC(=O)NC1=CC=CC=CC=C1. The Kier molecular flexibility index (Phi) is 15.4. The van der Waals surface area contributed by atoms with Crippen molar-refractivity contribution in [2.24, 2.45) is 23.2 Å². The van der Waals surface area contributed by atoms with Crippen LogP contribution in [0, 0.1) is 23.2 Å². The summed E-state index contributed by atoms with van der Waals surface area (Å²) in [6, 6.07) is 0. The summed E-state index contributed by atoms with van der Waals surface area (Å²) >= 11 is 0. The van der Waals surface area contributed by atoms with Crippen molar-refractivity contribution in [3.63, 3.8) is 0 Å². The molecule has 0 spiro atoms. The second kappa shape index (κ2) is 19.7. The highest BCUT2D eigenvalue weighted by atomic mass is 16.3. The molecule has 4 rings (SSSR count). The van der Waals surface area contributed by atoms with Gasteiger partial charge in [-0.3, -0.25) is 14.4 Å². The summed E-state index contributed by atoms with van der Waals surface area (Å²) in [6.45, 7) is 10.0. The van der Waals surface area contributed by atoms with Gasteiger partial charge in [-0.1, -0.05) is 86.9 Å². The second-order valence-electron chi connectivity index (χ2n) is 14.9. The van der Waals surface area contributed by atoms with E-state index in [2.05, 4.69) is 48.5 Å². The Balaban J connectivity index is 1.06. The summed E-state index contributed by atoms with van der Waals surface area (Å²) in [5, 5.41) is 19.3. The average Bonchev–Trinajstić information content (AvgIpc) is 3.42. The van der Waals surface area contributed by atoms with Gasteiger partial charge in [-0.25, -0.2) is 0 Å². The Morgan fingerprint density at radius 2 is 1.61 bits per heavy atom. The average molecular weight is 672 g/mol. The van der Waals surface area contributed by atoms with E-state index >= 15 is 0 Å². The highest BCUT2D eigenvalue weighted by molar-refractivity contribution is 5.79. The van der Waals surface area contributed by atoms with Gasteiger partial charge in [0.05, 0.1) is 6.10 Å². The standard InChI is InChI=1S/C42H61N3O4/c1-31-21-24-36(46)30-34(31)23-22-33-16-15-27-42(3)37(25-26-38(33)42)32(2)41(49)44-29-14-13-28-43-39(47)19-11-7-8-12-20-40(48)45-35-17-9-5-4-6-10-18-35/h4-6,9-10,17-18,22-23,32,36-38,46H,1,7-8,11-16,19-21,24-30H2,2-3H3,(H,43,47)(H,44,49)(H,45,48)/b5-4?,6-4?,9-5?,10-6?,17-9?,18-10?,33-22+,34-23-,35-17?,35-18?/t32-,36-,37?,38?,42+/m0/s1. The molecular formula is C42H61N3O4. The first-order valence-electron chi connectivity index (χ1n) is 19.0. The fourth-order valence-corrected chi connectivity index (χ4v) is 8.42. The number of carbonyl (C=O) groups excluding carboxylic acids is 3. The Hall–Kier alpha value is -3.45. The van der Waals surface area contributed by atoms with Crippen molar-refractivity contribution in [3.8, 4) is 0 Å². The molecule has 7 nitrogen and oxygen atoms in total. The second-order valence-corrected chi connectivity index (χ2v) is 14.9. The Morgan fingerprint density at radius 1 is 0.898 bits per heavy atom. The van der Waals surface area contributed by atoms with Gasteiger partial charge in [0.1, 0.15) is 0 Å². The summed E-state index contributed by atoms with van der Waals surface area (Å²) in [5.74, 6) is 1.11. The van der Waals surface area contributed by atoms with Crippen LogP contribution in [-0.4, -0.2) is 42.0 Å². The number of fused-ring (bicyclic) bond motifs is 1. The number of aliphatic hydroxyl groups is 1. The molecule has 0 aromatic carbocycles. The molecule has 0 bridgehead atoms. The molecule has 4 N–H and O–H groups in total. The number of hydrogen-bond acceptors (Lipinski definition) is 4. The van der Waals surface area contributed by atoms with E-state index in [-0.39, 0.29) is 35.2 Å². The summed E-state index contributed by atoms with van der Waals surface area (Å²) in [4.78, 5) is 37.7. The van der Waals surface area contributed by atoms with Crippen molar-refractivity contribution in [1.82, 2.24) is 16.0 Å². The first kappa shape index (κ1) is 38.4. The Labute approximate surface area is 295 Å². The summed E-state index contributed by atoms with van der Waals surface area (Å²) < 4.78 is 0. The van der Waals surface area contributed by atoms with Crippen LogP contribution in [0.1, 0.15) is 117 Å². The largest absolute Gasteiger partial charge is 0.393 e. The summed E-state index contributed by atoms with van der Waals surface area (Å²) in [7, 11) is 0. The molecule has 3 saturated carbocycles. The molecule has 4 aliphatic rings. The van der Waals surface area contributed by atoms with Gasteiger partial charge in [0, 0.05) is 37.5 Å². The van der Waals surface area contributed by atoms with Crippen molar-refractivity contribution < 1.29 is 19.5 Å². The molecule has 5 atom stereocenters. The van der Waals surface area contributed by atoms with E-state index in [4.69, 9.17) is 0 Å². The maximum atomic E-state index is 13.2. The smallest absolute Gasteiger partial charge is 0.224 e. The minimum absolute atomic E-state index is 0.0168. The van der Waals surface area contributed by atoms with Crippen LogP contribution in [0.4, 0.5) is 0 Å². The first-order chi connectivity index (χ1) is 23.7. The molecule has 0 radical (unpaired) electrons. The van der Waals surface area contributed by atoms with Gasteiger partial charge >= 0.3 is 0 Å². The lowest BCUT2D eigenvalue weighted by Gasteiger charge is -2.44. The molecule has 0 aliphatic heterocycles. The van der Waals surface area contributed by atoms with Gasteiger partial charge in [-0.05, 0) is 112 Å². The topological polar surface area (TPSA) is 108 Å². The van der Waals surface area contributed by atoms with E-state index in [0.29, 0.717) is 44.2 Å². The van der Waals surface area contributed by atoms with Gasteiger partial charge in [-0.15, -0.1) is 0 Å². The van der Waals surface area contributed by atoms with Crippen molar-refractivity contribution in [3.05, 3.63) is 83.7 Å². The molecule has 2 unspecified atom stereocenters. The Morgan fingerprint density at radius 3 is 2.41 bits per heavy atom. The van der Waals surface area contributed by atoms with Gasteiger partial charge in [0.25, 0.3) is 0 Å². The molecule has 3 amide bonds. The van der Waals surface area contributed by atoms with E-state index in [9.17, 15) is 19.5 Å². The molecule has 49 heavy (non-hydrogen) atoms. The first-order valence-corrected chi connectivity index (χ1v) is 19.0. The van der Waals surface area contributed by atoms with Crippen LogP contribution in [0.3, 0.4) is 0 Å². The monoisotopic (exact) mass is 671 g/mol. The zero-order chi connectivity index (χ0) is 35.1. The lowest BCUT2D eigenvalue weighted by Crippen LogP contribution is -2.41. The maximum absolute atomic E-state index is 13.2. The molecule has 0 heterocycles. The summed E-state index contributed by atoms with van der Waals surface area (Å²) in [5.41, 5.74) is 4.79.